The number of rotatable bonds is 4. The van der Waals surface area contributed by atoms with Gasteiger partial charge in [0.05, 0.1) is 12.0 Å². The summed E-state index contributed by atoms with van der Waals surface area (Å²) in [7, 11) is 3.58. The van der Waals surface area contributed by atoms with Crippen molar-refractivity contribution in [2.45, 2.75) is 91.5 Å². The molecule has 1 saturated heterocycles. The number of alkyl carbamates (subject to hydrolysis) is 1. The van der Waals surface area contributed by atoms with Crippen LogP contribution in [0.4, 0.5) is 18.0 Å². The minimum Gasteiger partial charge on any atom is -0.445 e. The molecule has 0 spiro atoms. The van der Waals surface area contributed by atoms with Gasteiger partial charge in [-0.2, -0.15) is 13.2 Å². The molecule has 4 rings (SSSR count). The summed E-state index contributed by atoms with van der Waals surface area (Å²) >= 11 is 0. The Kier molecular flexibility index (Phi) is 8.80. The predicted molar refractivity (Wildman–Crippen MR) is 148 cm³/mol. The molecule has 7 nitrogen and oxygen atoms in total. The van der Waals surface area contributed by atoms with Crippen molar-refractivity contribution in [3.8, 4) is 0 Å². The molecule has 41 heavy (non-hydrogen) atoms. The first-order chi connectivity index (χ1) is 19.0. The van der Waals surface area contributed by atoms with Gasteiger partial charge in [-0.1, -0.05) is 33.8 Å². The molecule has 1 N–H and O–H groups in total. The van der Waals surface area contributed by atoms with Crippen LogP contribution in [0.3, 0.4) is 0 Å². The fraction of sp³-hybridized carbons (Fsp3) is 0.839. The van der Waals surface area contributed by atoms with Crippen LogP contribution in [0, 0.1) is 45.8 Å². The number of methoxy groups -OCH3 is 1. The first-order valence-corrected chi connectivity index (χ1v) is 15.0. The number of ether oxygens (including phenoxy) is 2. The Hall–Kier alpha value is -1.94. The normalized spacial score (nSPS) is 43.8. The number of imide groups is 1. The number of Topliss-reactive ketones (excluding diaryl/α,β-unsaturated/α-hetero) is 1. The van der Waals surface area contributed by atoms with Gasteiger partial charge in [0, 0.05) is 48.8 Å². The Labute approximate surface area is 241 Å². The van der Waals surface area contributed by atoms with Crippen molar-refractivity contribution < 1.29 is 37.0 Å². The summed E-state index contributed by atoms with van der Waals surface area (Å²) < 4.78 is 52.3. The summed E-state index contributed by atoms with van der Waals surface area (Å²) in [6.07, 6.45) is -1.83. The van der Waals surface area contributed by atoms with Gasteiger partial charge in [0.15, 0.2) is 0 Å². The summed E-state index contributed by atoms with van der Waals surface area (Å²) in [5.41, 5.74) is -2.70. The molecular formula is C31H47F3N2O5. The first-order valence-electron chi connectivity index (χ1n) is 15.0. The molecule has 2 bridgehead atoms. The molecule has 232 valence electrons. The van der Waals surface area contributed by atoms with Crippen LogP contribution < -0.4 is 5.32 Å². The Bertz CT molecular complexity index is 1060. The molecule has 4 aliphatic rings. The average molecular weight is 585 g/mol. The van der Waals surface area contributed by atoms with Gasteiger partial charge in [-0.25, -0.2) is 4.79 Å². The second-order valence-electron chi connectivity index (χ2n) is 13.9. The van der Waals surface area contributed by atoms with E-state index in [1.165, 1.54) is 6.92 Å². The van der Waals surface area contributed by atoms with Crippen LogP contribution in [-0.2, 0) is 19.1 Å². The molecular weight excluding hydrogens is 537 g/mol. The van der Waals surface area contributed by atoms with E-state index < -0.39 is 46.4 Å². The van der Waals surface area contributed by atoms with E-state index in [0.29, 0.717) is 6.54 Å². The van der Waals surface area contributed by atoms with Gasteiger partial charge in [0.1, 0.15) is 11.9 Å². The van der Waals surface area contributed by atoms with Gasteiger partial charge in [-0.15, -0.1) is 0 Å². The Balaban J connectivity index is 1.74. The first kappa shape index (κ1) is 32.0. The highest BCUT2D eigenvalue weighted by Gasteiger charge is 2.68. The maximum Gasteiger partial charge on any atom is 0.414 e. The number of nitrogens with one attached hydrogen (secondary N) is 1. The van der Waals surface area contributed by atoms with Gasteiger partial charge in [0.2, 0.25) is 5.91 Å². The number of ketones is 1. The zero-order valence-electron chi connectivity index (χ0n) is 25.5. The molecule has 3 aliphatic carbocycles. The van der Waals surface area contributed by atoms with E-state index in [1.807, 2.05) is 32.7 Å². The molecule has 2 amide bonds. The Morgan fingerprint density at radius 2 is 1.76 bits per heavy atom. The van der Waals surface area contributed by atoms with E-state index in [-0.39, 0.29) is 48.1 Å². The van der Waals surface area contributed by atoms with Gasteiger partial charge in [-0.3, -0.25) is 14.9 Å². The third kappa shape index (κ3) is 5.71. The smallest absolute Gasteiger partial charge is 0.414 e. The highest BCUT2D eigenvalue weighted by molar-refractivity contribution is 5.93. The number of carbonyl (C=O) groups is 3. The molecule has 0 aromatic carbocycles. The van der Waals surface area contributed by atoms with E-state index in [4.69, 9.17) is 9.47 Å². The number of allylic oxidation sites excluding steroid dienone is 2. The van der Waals surface area contributed by atoms with E-state index in [9.17, 15) is 27.6 Å². The summed E-state index contributed by atoms with van der Waals surface area (Å²) in [4.78, 5) is 42.8. The molecule has 3 saturated carbocycles. The third-order valence-electron chi connectivity index (χ3n) is 11.7. The lowest BCUT2D eigenvalue weighted by molar-refractivity contribution is -0.189. The van der Waals surface area contributed by atoms with Crippen LogP contribution in [0.2, 0.25) is 0 Å². The average Bonchev–Trinajstić information content (AvgIpc) is 3.29. The molecule has 0 aromatic rings. The van der Waals surface area contributed by atoms with Crippen molar-refractivity contribution in [1.29, 1.82) is 0 Å². The minimum absolute atomic E-state index is 0.0353. The lowest BCUT2D eigenvalue weighted by Gasteiger charge is -2.61. The minimum atomic E-state index is -4.60. The fourth-order valence-corrected chi connectivity index (χ4v) is 8.96. The topological polar surface area (TPSA) is 84.9 Å². The van der Waals surface area contributed by atoms with Gasteiger partial charge < -0.3 is 14.4 Å². The fourth-order valence-electron chi connectivity index (χ4n) is 8.96. The maximum absolute atomic E-state index is 14.2. The SMILES string of the molecule is CO[C@@H]1CCC23CC[C@@H](C)[C@](C)(C12)[C@H](OC(=O)NC(=O)[C@H]1CN(C)CC[C@@H]1C)C[C@@](C)(/C=C/C(F)(F)F)C(=O)[C@@H]3C. The van der Waals surface area contributed by atoms with Crippen molar-refractivity contribution in [3.05, 3.63) is 12.2 Å². The third-order valence-corrected chi connectivity index (χ3v) is 11.7. The number of hydrogen-bond donors (Lipinski definition) is 1. The van der Waals surface area contributed by atoms with Crippen molar-refractivity contribution in [2.24, 2.45) is 45.8 Å². The molecule has 4 fully saturated rings. The summed E-state index contributed by atoms with van der Waals surface area (Å²) in [5, 5.41) is 2.44. The summed E-state index contributed by atoms with van der Waals surface area (Å²) in [5.74, 6) is -1.59. The Morgan fingerprint density at radius 1 is 1.10 bits per heavy atom. The van der Waals surface area contributed by atoms with Gasteiger partial charge in [-0.05, 0) is 69.9 Å². The number of halogens is 3. The summed E-state index contributed by atoms with van der Waals surface area (Å²) in [6.45, 7) is 10.9. The molecule has 0 aromatic heterocycles. The van der Waals surface area contributed by atoms with Crippen LogP contribution in [0.15, 0.2) is 12.2 Å². The molecule has 2 unspecified atom stereocenters. The maximum atomic E-state index is 14.2. The zero-order chi connectivity index (χ0) is 30.5. The van der Waals surface area contributed by atoms with Crippen molar-refractivity contribution in [1.82, 2.24) is 10.2 Å². The molecule has 1 aliphatic heterocycles. The molecule has 10 atom stereocenters. The Morgan fingerprint density at radius 3 is 2.39 bits per heavy atom. The van der Waals surface area contributed by atoms with E-state index >= 15 is 0 Å². The number of carbonyl (C=O) groups excluding carboxylic acids is 3. The van der Waals surface area contributed by atoms with E-state index in [0.717, 1.165) is 44.7 Å². The number of amides is 2. The van der Waals surface area contributed by atoms with E-state index in [2.05, 4.69) is 12.2 Å². The zero-order valence-corrected chi connectivity index (χ0v) is 25.5. The van der Waals surface area contributed by atoms with Gasteiger partial charge in [0.25, 0.3) is 0 Å². The molecule has 1 heterocycles. The quantitative estimate of drug-likeness (QED) is 0.422. The number of likely N-dealkylation sites (tertiary alicyclic amines) is 1. The van der Waals surface area contributed by atoms with Crippen molar-refractivity contribution >= 4 is 17.8 Å². The lowest BCUT2D eigenvalue weighted by atomic mass is 9.44. The molecule has 0 radical (unpaired) electrons. The van der Waals surface area contributed by atoms with Crippen LogP contribution in [-0.4, -0.2) is 68.3 Å². The monoisotopic (exact) mass is 584 g/mol. The highest BCUT2D eigenvalue weighted by Crippen LogP contribution is 2.68. The lowest BCUT2D eigenvalue weighted by Crippen LogP contribution is -2.63. The van der Waals surface area contributed by atoms with Crippen molar-refractivity contribution in [2.75, 3.05) is 27.2 Å². The number of hydrogen-bond acceptors (Lipinski definition) is 6. The summed E-state index contributed by atoms with van der Waals surface area (Å²) in [6, 6.07) is 0. The molecule has 10 heteroatoms. The van der Waals surface area contributed by atoms with Crippen LogP contribution in [0.25, 0.3) is 0 Å². The van der Waals surface area contributed by atoms with Crippen LogP contribution in [0.5, 0.6) is 0 Å². The number of alkyl halides is 3. The van der Waals surface area contributed by atoms with Crippen molar-refractivity contribution in [3.63, 3.8) is 0 Å². The standard InChI is InChI=1S/C31H47F3N2O5/c1-18-10-15-36(6)17-21(18)26(38)35-27(39)41-23-16-28(4,13-14-31(32,33)34)25(37)20(3)30-11-8-19(2)29(23,5)24(30)22(40-7)9-12-30/h13-14,18-24H,8-12,15-17H2,1-7H3,(H,35,38,39)/b14-13+/t18-,19+,20-,21-,22+,23+,24?,28+,29-,30?/m0/s1. The largest absolute Gasteiger partial charge is 0.445 e. The predicted octanol–water partition coefficient (Wildman–Crippen LogP) is 5.78. The number of nitrogens with zero attached hydrogens (tertiary/aromatic N) is 1. The second-order valence-corrected chi connectivity index (χ2v) is 13.9. The van der Waals surface area contributed by atoms with Crippen LogP contribution >= 0.6 is 0 Å². The van der Waals surface area contributed by atoms with Gasteiger partial charge >= 0.3 is 12.3 Å². The van der Waals surface area contributed by atoms with Crippen LogP contribution in [0.1, 0.15) is 73.1 Å². The second kappa shape index (κ2) is 11.3. The highest BCUT2D eigenvalue weighted by atomic mass is 19.4. The van der Waals surface area contributed by atoms with E-state index in [1.54, 1.807) is 7.11 Å². The number of piperidine rings is 1.